The van der Waals surface area contributed by atoms with Gasteiger partial charge >= 0.3 is 0 Å². The number of hydrogen-bond donors (Lipinski definition) is 2. The smallest absolute Gasteiger partial charge is 0.256 e. The van der Waals surface area contributed by atoms with Crippen LogP contribution in [0.3, 0.4) is 0 Å². The zero-order valence-electron chi connectivity index (χ0n) is 24.8. The van der Waals surface area contributed by atoms with E-state index < -0.39 is 5.91 Å². The molecular formula is C36H34N4O4. The lowest BCUT2D eigenvalue weighted by Gasteiger charge is -2.29. The summed E-state index contributed by atoms with van der Waals surface area (Å²) in [5.41, 5.74) is 12.5. The Morgan fingerprint density at radius 3 is 2.32 bits per heavy atom. The Morgan fingerprint density at radius 2 is 1.57 bits per heavy atom. The fraction of sp³-hybridized carbons (Fsp3) is 0.194. The summed E-state index contributed by atoms with van der Waals surface area (Å²) in [7, 11) is 3.33. The van der Waals surface area contributed by atoms with Crippen molar-refractivity contribution < 1.29 is 19.1 Å². The van der Waals surface area contributed by atoms with Crippen molar-refractivity contribution >= 4 is 28.4 Å². The third kappa shape index (κ3) is 5.98. The summed E-state index contributed by atoms with van der Waals surface area (Å²) in [6.07, 6.45) is 1.86. The summed E-state index contributed by atoms with van der Waals surface area (Å²) in [4.78, 5) is 33.0. The number of nitrogens with two attached hydrogens (primary N) is 1. The van der Waals surface area contributed by atoms with Gasteiger partial charge in [0.15, 0.2) is 11.5 Å². The van der Waals surface area contributed by atoms with E-state index in [9.17, 15) is 9.59 Å². The molecule has 1 aliphatic heterocycles. The molecule has 0 unspecified atom stereocenters. The maximum Gasteiger partial charge on any atom is 0.256 e. The van der Waals surface area contributed by atoms with E-state index in [0.717, 1.165) is 49.4 Å². The minimum absolute atomic E-state index is 0.268. The predicted octanol–water partition coefficient (Wildman–Crippen LogP) is 5.87. The van der Waals surface area contributed by atoms with Crippen molar-refractivity contribution in [3.63, 3.8) is 0 Å². The Kier molecular flexibility index (Phi) is 8.25. The van der Waals surface area contributed by atoms with Gasteiger partial charge in [-0.15, -0.1) is 0 Å². The number of fused-ring (bicyclic) bond motifs is 2. The lowest BCUT2D eigenvalue weighted by molar-refractivity contribution is 0.0997. The standard InChI is InChI=1S/C36H34N4O4/c1-43-32-20-24-16-18-40(22-26(24)21-33(32)44-2)17-15-23-11-13-27(14-12-23)38-36(42)29-9-5-4-8-28(29)34-30(35(37)41)19-25-7-3-6-10-31(25)39-34/h3-14,19-21H,15-18,22H2,1-2H3,(H2,37,41)(H,38,42). The van der Waals surface area contributed by atoms with E-state index >= 15 is 0 Å². The first kappa shape index (κ1) is 28.9. The second-order valence-electron chi connectivity index (χ2n) is 10.9. The molecular weight excluding hydrogens is 552 g/mol. The molecule has 2 heterocycles. The molecule has 4 aromatic carbocycles. The van der Waals surface area contributed by atoms with Gasteiger partial charge in [0.1, 0.15) is 0 Å². The van der Waals surface area contributed by atoms with Crippen LogP contribution in [0.2, 0.25) is 0 Å². The largest absolute Gasteiger partial charge is 0.493 e. The van der Waals surface area contributed by atoms with Crippen LogP contribution in [0, 0.1) is 0 Å². The van der Waals surface area contributed by atoms with Crippen LogP contribution in [0.5, 0.6) is 11.5 Å². The molecule has 44 heavy (non-hydrogen) atoms. The normalized spacial score (nSPS) is 12.9. The molecule has 222 valence electrons. The molecule has 0 aliphatic carbocycles. The van der Waals surface area contributed by atoms with Crippen molar-refractivity contribution in [1.82, 2.24) is 9.88 Å². The van der Waals surface area contributed by atoms with Crippen LogP contribution in [0.25, 0.3) is 22.2 Å². The van der Waals surface area contributed by atoms with Gasteiger partial charge in [-0.1, -0.05) is 48.5 Å². The van der Waals surface area contributed by atoms with Crippen LogP contribution < -0.4 is 20.5 Å². The van der Waals surface area contributed by atoms with Gasteiger partial charge in [-0.05, 0) is 72.0 Å². The SMILES string of the molecule is COc1cc2c(cc1OC)CN(CCc1ccc(NC(=O)c3ccccc3-c3nc4ccccc4cc3C(N)=O)cc1)CC2. The second kappa shape index (κ2) is 12.6. The van der Waals surface area contributed by atoms with Crippen LogP contribution in [0.15, 0.2) is 91.0 Å². The van der Waals surface area contributed by atoms with Crippen molar-refractivity contribution in [2.24, 2.45) is 5.73 Å². The van der Waals surface area contributed by atoms with Crippen molar-refractivity contribution in [1.29, 1.82) is 0 Å². The number of anilines is 1. The molecule has 3 N–H and O–H groups in total. The van der Waals surface area contributed by atoms with Gasteiger partial charge in [-0.25, -0.2) is 4.98 Å². The molecule has 0 spiro atoms. The van der Waals surface area contributed by atoms with Crippen molar-refractivity contribution in [3.8, 4) is 22.8 Å². The average Bonchev–Trinajstić information content (AvgIpc) is 3.06. The van der Waals surface area contributed by atoms with Crippen LogP contribution in [-0.4, -0.2) is 49.0 Å². The minimum Gasteiger partial charge on any atom is -0.493 e. The van der Waals surface area contributed by atoms with Crippen LogP contribution in [0.4, 0.5) is 5.69 Å². The van der Waals surface area contributed by atoms with Gasteiger partial charge < -0.3 is 20.5 Å². The quantitative estimate of drug-likeness (QED) is 0.224. The van der Waals surface area contributed by atoms with E-state index in [1.807, 2.05) is 54.6 Å². The number of ether oxygens (including phenoxy) is 2. The third-order valence-corrected chi connectivity index (χ3v) is 8.14. The molecule has 0 saturated heterocycles. The van der Waals surface area contributed by atoms with Gasteiger partial charge in [0, 0.05) is 41.8 Å². The molecule has 0 bridgehead atoms. The molecule has 8 heteroatoms. The van der Waals surface area contributed by atoms with Crippen LogP contribution in [0.1, 0.15) is 37.4 Å². The van der Waals surface area contributed by atoms with E-state index in [2.05, 4.69) is 22.3 Å². The molecule has 1 aliphatic rings. The number of carbonyl (C=O) groups excluding carboxylic acids is 2. The molecule has 0 atom stereocenters. The van der Waals surface area contributed by atoms with Crippen molar-refractivity contribution in [2.75, 3.05) is 32.6 Å². The molecule has 8 nitrogen and oxygen atoms in total. The number of carbonyl (C=O) groups is 2. The Balaban J connectivity index is 1.13. The molecule has 0 saturated carbocycles. The number of benzene rings is 4. The summed E-state index contributed by atoms with van der Waals surface area (Å²) < 4.78 is 11.0. The summed E-state index contributed by atoms with van der Waals surface area (Å²) in [6, 6.07) is 28.4. The lowest BCUT2D eigenvalue weighted by atomic mass is 9.97. The number of para-hydroxylation sites is 1. The Bertz CT molecular complexity index is 1850. The topological polar surface area (TPSA) is 107 Å². The highest BCUT2D eigenvalue weighted by atomic mass is 16.5. The highest BCUT2D eigenvalue weighted by molar-refractivity contribution is 6.11. The number of hydrogen-bond acceptors (Lipinski definition) is 6. The third-order valence-electron chi connectivity index (χ3n) is 8.14. The number of methoxy groups -OCH3 is 2. The molecule has 0 radical (unpaired) electrons. The number of nitrogens with one attached hydrogen (secondary N) is 1. The van der Waals surface area contributed by atoms with Gasteiger partial charge in [0.2, 0.25) is 0 Å². The zero-order chi connectivity index (χ0) is 30.6. The fourth-order valence-corrected chi connectivity index (χ4v) is 5.77. The van der Waals surface area contributed by atoms with E-state index in [4.69, 9.17) is 20.2 Å². The van der Waals surface area contributed by atoms with Crippen LogP contribution >= 0.6 is 0 Å². The van der Waals surface area contributed by atoms with E-state index in [-0.39, 0.29) is 11.5 Å². The average molecular weight is 587 g/mol. The number of rotatable bonds is 9. The summed E-state index contributed by atoms with van der Waals surface area (Å²) in [6.45, 7) is 2.78. The van der Waals surface area contributed by atoms with Gasteiger partial charge in [0.25, 0.3) is 11.8 Å². The number of primary amides is 1. The number of aromatic nitrogens is 1. The predicted molar refractivity (Wildman–Crippen MR) is 172 cm³/mol. The highest BCUT2D eigenvalue weighted by Crippen LogP contribution is 2.33. The first-order valence-corrected chi connectivity index (χ1v) is 14.6. The zero-order valence-corrected chi connectivity index (χ0v) is 24.8. The molecule has 6 rings (SSSR count). The Hall–Kier alpha value is -5.21. The van der Waals surface area contributed by atoms with Gasteiger partial charge in [0.05, 0.1) is 31.0 Å². The minimum atomic E-state index is -0.599. The van der Waals surface area contributed by atoms with E-state index in [1.54, 1.807) is 38.5 Å². The van der Waals surface area contributed by atoms with E-state index in [1.165, 1.54) is 16.7 Å². The summed E-state index contributed by atoms with van der Waals surface area (Å²) in [5.74, 6) is 0.641. The lowest BCUT2D eigenvalue weighted by Crippen LogP contribution is -2.32. The first-order chi connectivity index (χ1) is 21.4. The first-order valence-electron chi connectivity index (χ1n) is 14.6. The number of amides is 2. The number of pyridine rings is 1. The monoisotopic (exact) mass is 586 g/mol. The fourth-order valence-electron chi connectivity index (χ4n) is 5.77. The maximum atomic E-state index is 13.5. The molecule has 1 aromatic heterocycles. The summed E-state index contributed by atoms with van der Waals surface area (Å²) >= 11 is 0. The second-order valence-corrected chi connectivity index (χ2v) is 10.9. The highest BCUT2D eigenvalue weighted by Gasteiger charge is 2.21. The summed E-state index contributed by atoms with van der Waals surface area (Å²) in [5, 5.41) is 3.81. The van der Waals surface area contributed by atoms with Gasteiger partial charge in [-0.3, -0.25) is 14.5 Å². The molecule has 2 amide bonds. The van der Waals surface area contributed by atoms with E-state index in [0.29, 0.717) is 28.0 Å². The maximum absolute atomic E-state index is 13.5. The molecule has 5 aromatic rings. The Morgan fingerprint density at radius 1 is 0.864 bits per heavy atom. The van der Waals surface area contributed by atoms with Crippen LogP contribution in [-0.2, 0) is 19.4 Å². The van der Waals surface area contributed by atoms with Gasteiger partial charge in [-0.2, -0.15) is 0 Å². The Labute approximate surface area is 256 Å². The number of nitrogens with zero attached hydrogens (tertiary/aromatic N) is 2. The van der Waals surface area contributed by atoms with Crippen molar-refractivity contribution in [3.05, 3.63) is 119 Å². The molecule has 0 fully saturated rings. The van der Waals surface area contributed by atoms with Crippen molar-refractivity contribution in [2.45, 2.75) is 19.4 Å².